The number of aromatic nitrogens is 2. The number of hydrogen-bond acceptors (Lipinski definition) is 4. The zero-order chi connectivity index (χ0) is 19.2. The van der Waals surface area contributed by atoms with Gasteiger partial charge in [-0.1, -0.05) is 11.6 Å². The number of hydrogen-bond donors (Lipinski definition) is 0. The molecule has 1 aromatic heterocycles. The van der Waals surface area contributed by atoms with Crippen molar-refractivity contribution in [2.24, 2.45) is 0 Å². The maximum absolute atomic E-state index is 13.0. The Hall–Kier alpha value is -2.47. The predicted octanol–water partition coefficient (Wildman–Crippen LogP) is 2.52. The molecule has 140 valence electrons. The smallest absolute Gasteiger partial charge is 0.233 e. The van der Waals surface area contributed by atoms with Gasteiger partial charge in [0.1, 0.15) is 0 Å². The van der Waals surface area contributed by atoms with Crippen LogP contribution in [-0.2, 0) is 21.4 Å². The second-order valence-electron chi connectivity index (χ2n) is 7.44. The highest BCUT2D eigenvalue weighted by Crippen LogP contribution is 2.47. The second kappa shape index (κ2) is 6.60. The van der Waals surface area contributed by atoms with E-state index in [-0.39, 0.29) is 23.7 Å². The Morgan fingerprint density at radius 2 is 2.04 bits per heavy atom. The van der Waals surface area contributed by atoms with Gasteiger partial charge in [0.2, 0.25) is 11.8 Å². The molecule has 27 heavy (non-hydrogen) atoms. The SMILES string of the molecule is CC(=O)N1CCC2(C1)CN(C(=O)Cc1cnc(C)cn1)c1ccc(Cl)cc12. The van der Waals surface area contributed by atoms with Gasteiger partial charge in [0, 0.05) is 55.1 Å². The normalized spacial score (nSPS) is 21.0. The summed E-state index contributed by atoms with van der Waals surface area (Å²) in [7, 11) is 0. The van der Waals surface area contributed by atoms with Crippen molar-refractivity contribution in [3.8, 4) is 0 Å². The molecule has 2 aliphatic rings. The van der Waals surface area contributed by atoms with E-state index < -0.39 is 0 Å². The largest absolute Gasteiger partial charge is 0.342 e. The molecule has 1 fully saturated rings. The van der Waals surface area contributed by atoms with Crippen molar-refractivity contribution < 1.29 is 9.59 Å². The summed E-state index contributed by atoms with van der Waals surface area (Å²) in [6, 6.07) is 5.66. The van der Waals surface area contributed by atoms with Crippen molar-refractivity contribution in [3.05, 3.63) is 52.6 Å². The number of carbonyl (C=O) groups is 2. The standard InChI is InChI=1S/C20H21ClN4O2/c1-13-9-23-16(10-22-13)8-19(27)25-12-20(5-6-24(11-20)14(2)26)17-7-15(21)3-4-18(17)25/h3-4,7,9-10H,5-6,8,11-12H2,1-2H3. The summed E-state index contributed by atoms with van der Waals surface area (Å²) in [6.45, 7) is 5.33. The van der Waals surface area contributed by atoms with Gasteiger partial charge < -0.3 is 9.80 Å². The Labute approximate surface area is 163 Å². The van der Waals surface area contributed by atoms with Crippen LogP contribution in [0.5, 0.6) is 0 Å². The third-order valence-corrected chi connectivity index (χ3v) is 5.78. The molecule has 0 N–H and O–H groups in total. The fourth-order valence-corrected chi connectivity index (χ4v) is 4.29. The molecule has 1 spiro atoms. The molecular formula is C20H21ClN4O2. The van der Waals surface area contributed by atoms with Crippen molar-refractivity contribution in [1.29, 1.82) is 0 Å². The molecule has 3 heterocycles. The van der Waals surface area contributed by atoms with Crippen LogP contribution in [-0.4, -0.2) is 46.3 Å². The molecule has 0 bridgehead atoms. The van der Waals surface area contributed by atoms with Gasteiger partial charge in [-0.15, -0.1) is 0 Å². The van der Waals surface area contributed by atoms with Crippen molar-refractivity contribution in [1.82, 2.24) is 14.9 Å². The lowest BCUT2D eigenvalue weighted by molar-refractivity contribution is -0.127. The number of fused-ring (bicyclic) bond motifs is 2. The minimum absolute atomic E-state index is 0.0186. The minimum atomic E-state index is -0.249. The third kappa shape index (κ3) is 3.18. The van der Waals surface area contributed by atoms with Gasteiger partial charge in [-0.3, -0.25) is 19.6 Å². The van der Waals surface area contributed by atoms with Gasteiger partial charge in [0.15, 0.2) is 0 Å². The molecule has 7 heteroatoms. The van der Waals surface area contributed by atoms with Crippen LogP contribution in [0.1, 0.15) is 30.3 Å². The Balaban J connectivity index is 1.64. The summed E-state index contributed by atoms with van der Waals surface area (Å²) in [5, 5.41) is 0.646. The van der Waals surface area contributed by atoms with E-state index in [4.69, 9.17) is 11.6 Å². The average molecular weight is 385 g/mol. The number of likely N-dealkylation sites (tertiary alicyclic amines) is 1. The van der Waals surface area contributed by atoms with Crippen LogP contribution >= 0.6 is 11.6 Å². The highest BCUT2D eigenvalue weighted by Gasteiger charge is 2.49. The van der Waals surface area contributed by atoms with Gasteiger partial charge >= 0.3 is 0 Å². The zero-order valence-corrected chi connectivity index (χ0v) is 16.2. The lowest BCUT2D eigenvalue weighted by atomic mass is 9.81. The van der Waals surface area contributed by atoms with Crippen molar-refractivity contribution >= 4 is 29.1 Å². The number of anilines is 1. The van der Waals surface area contributed by atoms with E-state index in [0.29, 0.717) is 30.4 Å². The number of nitrogens with zero attached hydrogens (tertiary/aromatic N) is 4. The first-order valence-corrected chi connectivity index (χ1v) is 9.39. The van der Waals surface area contributed by atoms with Crippen LogP contribution in [0, 0.1) is 6.92 Å². The highest BCUT2D eigenvalue weighted by atomic mass is 35.5. The van der Waals surface area contributed by atoms with Crippen molar-refractivity contribution in [3.63, 3.8) is 0 Å². The predicted molar refractivity (Wildman–Crippen MR) is 103 cm³/mol. The van der Waals surface area contributed by atoms with Gasteiger partial charge in [0.25, 0.3) is 0 Å². The monoisotopic (exact) mass is 384 g/mol. The summed E-state index contributed by atoms with van der Waals surface area (Å²) in [6.07, 6.45) is 4.34. The van der Waals surface area contributed by atoms with E-state index in [2.05, 4.69) is 9.97 Å². The molecule has 2 aromatic rings. The molecule has 0 saturated carbocycles. The molecule has 1 atom stereocenters. The number of amides is 2. The Morgan fingerprint density at radius 1 is 1.22 bits per heavy atom. The van der Waals surface area contributed by atoms with Crippen molar-refractivity contribution in [2.75, 3.05) is 24.5 Å². The topological polar surface area (TPSA) is 66.4 Å². The summed E-state index contributed by atoms with van der Waals surface area (Å²) in [5.41, 5.74) is 3.16. The number of aryl methyl sites for hydroxylation is 1. The first kappa shape index (κ1) is 17.9. The average Bonchev–Trinajstić information content (AvgIpc) is 3.20. The van der Waals surface area contributed by atoms with Gasteiger partial charge in [-0.2, -0.15) is 0 Å². The molecule has 1 unspecified atom stereocenters. The Kier molecular flexibility index (Phi) is 4.38. The maximum atomic E-state index is 13.0. The quantitative estimate of drug-likeness (QED) is 0.798. The van der Waals surface area contributed by atoms with Crippen LogP contribution in [0.15, 0.2) is 30.6 Å². The van der Waals surface area contributed by atoms with Crippen LogP contribution in [0.2, 0.25) is 5.02 Å². The zero-order valence-electron chi connectivity index (χ0n) is 15.4. The Bertz CT molecular complexity index is 915. The van der Waals surface area contributed by atoms with Gasteiger partial charge in [-0.25, -0.2) is 0 Å². The molecule has 1 saturated heterocycles. The first-order chi connectivity index (χ1) is 12.9. The fourth-order valence-electron chi connectivity index (χ4n) is 4.12. The van der Waals surface area contributed by atoms with Crippen LogP contribution in [0.3, 0.4) is 0 Å². The molecule has 4 rings (SSSR count). The van der Waals surface area contributed by atoms with E-state index in [1.165, 1.54) is 0 Å². The fraction of sp³-hybridized carbons (Fsp3) is 0.400. The van der Waals surface area contributed by atoms with Crippen LogP contribution in [0.25, 0.3) is 0 Å². The molecule has 1 aromatic carbocycles. The first-order valence-electron chi connectivity index (χ1n) is 9.01. The number of rotatable bonds is 2. The summed E-state index contributed by atoms with van der Waals surface area (Å²) >= 11 is 6.25. The number of benzene rings is 1. The van der Waals surface area contributed by atoms with E-state index in [1.807, 2.05) is 34.9 Å². The molecule has 2 aliphatic heterocycles. The van der Waals surface area contributed by atoms with Crippen LogP contribution in [0.4, 0.5) is 5.69 Å². The number of carbonyl (C=O) groups excluding carboxylic acids is 2. The van der Waals surface area contributed by atoms with Gasteiger partial charge in [-0.05, 0) is 37.1 Å². The molecule has 0 aliphatic carbocycles. The van der Waals surface area contributed by atoms with Crippen LogP contribution < -0.4 is 4.90 Å². The summed E-state index contributed by atoms with van der Waals surface area (Å²) in [4.78, 5) is 37.1. The molecule has 2 amide bonds. The van der Waals surface area contributed by atoms with Crippen molar-refractivity contribution in [2.45, 2.75) is 32.1 Å². The third-order valence-electron chi connectivity index (χ3n) is 5.55. The molecular weight excluding hydrogens is 364 g/mol. The number of halogens is 1. The Morgan fingerprint density at radius 3 is 2.70 bits per heavy atom. The highest BCUT2D eigenvalue weighted by molar-refractivity contribution is 6.30. The second-order valence-corrected chi connectivity index (χ2v) is 7.87. The van der Waals surface area contributed by atoms with E-state index in [0.717, 1.165) is 23.4 Å². The summed E-state index contributed by atoms with van der Waals surface area (Å²) < 4.78 is 0. The van der Waals surface area contributed by atoms with E-state index in [1.54, 1.807) is 19.3 Å². The van der Waals surface area contributed by atoms with Gasteiger partial charge in [0.05, 0.1) is 17.8 Å². The maximum Gasteiger partial charge on any atom is 0.233 e. The molecule has 6 nitrogen and oxygen atoms in total. The summed E-state index contributed by atoms with van der Waals surface area (Å²) in [5.74, 6) is 0.0463. The minimum Gasteiger partial charge on any atom is -0.342 e. The van der Waals surface area contributed by atoms with E-state index in [9.17, 15) is 9.59 Å². The lowest BCUT2D eigenvalue weighted by Gasteiger charge is -2.25. The molecule has 0 radical (unpaired) electrons. The lowest BCUT2D eigenvalue weighted by Crippen LogP contribution is -2.40. The van der Waals surface area contributed by atoms with E-state index >= 15 is 0 Å².